The maximum absolute atomic E-state index is 11.4. The molecule has 4 atom stereocenters. The lowest BCUT2D eigenvalue weighted by molar-refractivity contribution is -0.167. The first-order valence-electron chi connectivity index (χ1n) is 5.60. The average molecular weight is 272 g/mol. The molecule has 0 aromatic rings. The maximum atomic E-state index is 11.4. The lowest BCUT2D eigenvalue weighted by Gasteiger charge is -2.33. The number of hydrogen-bond donors (Lipinski definition) is 4. The summed E-state index contributed by atoms with van der Waals surface area (Å²) in [6, 6.07) is 0. The third-order valence-electron chi connectivity index (χ3n) is 4.55. The molecule has 0 amide bonds. The molecular weight excluding hydrogens is 260 g/mol. The van der Waals surface area contributed by atoms with Gasteiger partial charge in [-0.2, -0.15) is 0 Å². The highest BCUT2D eigenvalue weighted by atomic mass is 16.4. The third-order valence-corrected chi connectivity index (χ3v) is 4.55. The van der Waals surface area contributed by atoms with Gasteiger partial charge >= 0.3 is 23.9 Å². The van der Waals surface area contributed by atoms with E-state index in [1.54, 1.807) is 0 Å². The Balaban J connectivity index is 2.56. The summed E-state index contributed by atoms with van der Waals surface area (Å²) in [5.41, 5.74) is -3.60. The Morgan fingerprint density at radius 3 is 1.26 bits per heavy atom. The molecule has 2 bridgehead atoms. The zero-order valence-corrected chi connectivity index (χ0v) is 9.70. The minimum absolute atomic E-state index is 0.446. The average Bonchev–Trinajstić information content (AvgIpc) is 2.81. The van der Waals surface area contributed by atoms with Crippen molar-refractivity contribution in [1.29, 1.82) is 0 Å². The van der Waals surface area contributed by atoms with E-state index < -0.39 is 65.8 Å². The maximum Gasteiger partial charge on any atom is 0.310 e. The van der Waals surface area contributed by atoms with E-state index in [1.807, 2.05) is 0 Å². The first-order chi connectivity index (χ1) is 8.67. The van der Waals surface area contributed by atoms with E-state index >= 15 is 0 Å². The van der Waals surface area contributed by atoms with Gasteiger partial charge in [-0.3, -0.25) is 19.2 Å². The number of hydrogen-bond acceptors (Lipinski definition) is 4. The molecule has 0 saturated heterocycles. The molecule has 0 aliphatic heterocycles. The van der Waals surface area contributed by atoms with Gasteiger partial charge in [-0.1, -0.05) is 0 Å². The van der Waals surface area contributed by atoms with E-state index in [0.717, 1.165) is 0 Å². The smallest absolute Gasteiger partial charge is 0.310 e. The van der Waals surface area contributed by atoms with Crippen molar-refractivity contribution >= 4 is 23.9 Å². The first-order valence-corrected chi connectivity index (χ1v) is 5.60. The molecule has 0 aromatic carbocycles. The summed E-state index contributed by atoms with van der Waals surface area (Å²) in [4.78, 5) is 45.0. The lowest BCUT2D eigenvalue weighted by atomic mass is 9.68. The van der Waals surface area contributed by atoms with Gasteiger partial charge in [0, 0.05) is 0 Å². The molecule has 0 aromatic heterocycles. The van der Waals surface area contributed by atoms with Gasteiger partial charge in [0.25, 0.3) is 0 Å². The Kier molecular flexibility index (Phi) is 2.58. The van der Waals surface area contributed by atoms with E-state index in [1.165, 1.54) is 0 Å². The molecule has 0 heterocycles. The summed E-state index contributed by atoms with van der Waals surface area (Å²) in [6.07, 6.45) is -1.36. The van der Waals surface area contributed by atoms with Crippen molar-refractivity contribution in [2.45, 2.75) is 19.3 Å². The Hall–Kier alpha value is -2.12. The standard InChI is InChI=1S/C11H12O8/c12-6(13)4-1-10(8(16)17)3-11(4,9(18)19)2-5(10)7(14)15/h4-5H,1-3H2,(H,12,13)(H,14,15)(H,16,17)(H,18,19). The first kappa shape index (κ1) is 13.3. The second-order valence-corrected chi connectivity index (χ2v) is 5.29. The van der Waals surface area contributed by atoms with Crippen LogP contribution in [-0.2, 0) is 19.2 Å². The minimum Gasteiger partial charge on any atom is -0.481 e. The monoisotopic (exact) mass is 272 g/mol. The summed E-state index contributed by atoms with van der Waals surface area (Å²) < 4.78 is 0. The molecule has 8 nitrogen and oxygen atoms in total. The highest BCUT2D eigenvalue weighted by molar-refractivity contribution is 5.93. The van der Waals surface area contributed by atoms with Gasteiger partial charge in [0.05, 0.1) is 22.7 Å². The van der Waals surface area contributed by atoms with Crippen molar-refractivity contribution in [2.24, 2.45) is 22.7 Å². The van der Waals surface area contributed by atoms with Crippen molar-refractivity contribution in [2.75, 3.05) is 0 Å². The van der Waals surface area contributed by atoms with Crippen LogP contribution in [0.3, 0.4) is 0 Å². The molecule has 8 heteroatoms. The molecule has 104 valence electrons. The fraction of sp³-hybridized carbons (Fsp3) is 0.636. The fourth-order valence-electron chi connectivity index (χ4n) is 3.63. The molecule has 2 rings (SSSR count). The Morgan fingerprint density at radius 2 is 1.05 bits per heavy atom. The molecular formula is C11H12O8. The quantitative estimate of drug-likeness (QED) is 0.546. The summed E-state index contributed by atoms with van der Waals surface area (Å²) >= 11 is 0. The third kappa shape index (κ3) is 1.45. The summed E-state index contributed by atoms with van der Waals surface area (Å²) in [5, 5.41) is 36.6. The van der Waals surface area contributed by atoms with Crippen molar-refractivity contribution in [3.8, 4) is 0 Å². The predicted octanol–water partition coefficient (Wildman–Crippen LogP) is -0.273. The van der Waals surface area contributed by atoms with Gasteiger partial charge in [0.15, 0.2) is 0 Å². The normalized spacial score (nSPS) is 40.0. The molecule has 2 saturated carbocycles. The van der Waals surface area contributed by atoms with Crippen molar-refractivity contribution in [1.82, 2.24) is 0 Å². The van der Waals surface area contributed by atoms with Gasteiger partial charge in [-0.05, 0) is 19.3 Å². The summed E-state index contributed by atoms with van der Waals surface area (Å²) in [7, 11) is 0. The summed E-state index contributed by atoms with van der Waals surface area (Å²) in [5.74, 6) is -8.39. The van der Waals surface area contributed by atoms with Crippen LogP contribution in [0.5, 0.6) is 0 Å². The number of fused-ring (bicyclic) bond motifs is 2. The van der Waals surface area contributed by atoms with Crippen molar-refractivity contribution in [3.63, 3.8) is 0 Å². The molecule has 2 fully saturated rings. The molecule has 0 spiro atoms. The topological polar surface area (TPSA) is 149 Å². The molecule has 19 heavy (non-hydrogen) atoms. The fourth-order valence-corrected chi connectivity index (χ4v) is 3.63. The van der Waals surface area contributed by atoms with E-state index in [4.69, 9.17) is 10.2 Å². The van der Waals surface area contributed by atoms with E-state index in [0.29, 0.717) is 0 Å². The number of rotatable bonds is 4. The van der Waals surface area contributed by atoms with Gasteiger partial charge in [0.2, 0.25) is 0 Å². The van der Waals surface area contributed by atoms with Crippen LogP contribution in [0.1, 0.15) is 19.3 Å². The zero-order valence-electron chi connectivity index (χ0n) is 9.70. The van der Waals surface area contributed by atoms with Gasteiger partial charge in [-0.15, -0.1) is 0 Å². The SMILES string of the molecule is O=C(O)C1CC2(C(=O)O)CC1(C(=O)O)CC2C(=O)O. The zero-order chi connectivity index (χ0) is 14.6. The van der Waals surface area contributed by atoms with Crippen molar-refractivity contribution in [3.05, 3.63) is 0 Å². The Morgan fingerprint density at radius 1 is 0.737 bits per heavy atom. The summed E-state index contributed by atoms with van der Waals surface area (Å²) in [6.45, 7) is 0. The lowest BCUT2D eigenvalue weighted by Crippen LogP contribution is -2.44. The van der Waals surface area contributed by atoms with Crippen LogP contribution in [-0.4, -0.2) is 44.3 Å². The van der Waals surface area contributed by atoms with Gasteiger partial charge in [-0.25, -0.2) is 0 Å². The second-order valence-electron chi connectivity index (χ2n) is 5.29. The van der Waals surface area contributed by atoms with Crippen LogP contribution in [0.4, 0.5) is 0 Å². The van der Waals surface area contributed by atoms with E-state index in [2.05, 4.69) is 0 Å². The molecule has 2 aliphatic rings. The minimum atomic E-state index is -1.80. The molecule has 4 unspecified atom stereocenters. The Labute approximate surface area is 106 Å². The predicted molar refractivity (Wildman–Crippen MR) is 56.2 cm³/mol. The van der Waals surface area contributed by atoms with Crippen LogP contribution in [0.2, 0.25) is 0 Å². The van der Waals surface area contributed by atoms with Crippen LogP contribution in [0.15, 0.2) is 0 Å². The highest BCUT2D eigenvalue weighted by Crippen LogP contribution is 2.67. The molecule has 2 aliphatic carbocycles. The van der Waals surface area contributed by atoms with Gasteiger partial charge in [0.1, 0.15) is 0 Å². The number of aliphatic carboxylic acids is 4. The van der Waals surface area contributed by atoms with Crippen LogP contribution < -0.4 is 0 Å². The number of carbonyl (C=O) groups is 4. The van der Waals surface area contributed by atoms with Gasteiger partial charge < -0.3 is 20.4 Å². The largest absolute Gasteiger partial charge is 0.481 e. The highest BCUT2D eigenvalue weighted by Gasteiger charge is 2.74. The number of carboxylic acids is 4. The van der Waals surface area contributed by atoms with E-state index in [-0.39, 0.29) is 0 Å². The Bertz CT molecular complexity index is 453. The van der Waals surface area contributed by atoms with E-state index in [9.17, 15) is 29.4 Å². The second kappa shape index (κ2) is 3.69. The molecule has 0 radical (unpaired) electrons. The van der Waals surface area contributed by atoms with Crippen LogP contribution in [0.25, 0.3) is 0 Å². The van der Waals surface area contributed by atoms with Crippen molar-refractivity contribution < 1.29 is 39.6 Å². The molecule has 4 N–H and O–H groups in total. The number of carboxylic acid groups (broad SMARTS) is 4. The van der Waals surface area contributed by atoms with Crippen LogP contribution in [0, 0.1) is 22.7 Å². The van der Waals surface area contributed by atoms with Crippen LogP contribution >= 0.6 is 0 Å².